The maximum atomic E-state index is 12.9. The van der Waals surface area contributed by atoms with Gasteiger partial charge in [0, 0.05) is 24.9 Å². The third-order valence-electron chi connectivity index (χ3n) is 3.69. The molecule has 0 aliphatic heterocycles. The van der Waals surface area contributed by atoms with Crippen molar-refractivity contribution in [2.75, 3.05) is 0 Å². The van der Waals surface area contributed by atoms with Crippen molar-refractivity contribution in [2.24, 2.45) is 5.92 Å². The summed E-state index contributed by atoms with van der Waals surface area (Å²) in [6.45, 7) is 2.20. The average Bonchev–Trinajstić information content (AvgIpc) is 2.37. The summed E-state index contributed by atoms with van der Waals surface area (Å²) in [7, 11) is 0. The molecule has 1 nitrogen and oxygen atoms in total. The van der Waals surface area contributed by atoms with Gasteiger partial charge in [-0.25, -0.2) is 8.78 Å². The van der Waals surface area contributed by atoms with E-state index in [0.29, 0.717) is 12.5 Å². The van der Waals surface area contributed by atoms with E-state index in [9.17, 15) is 8.78 Å². The SMILES string of the molecule is CCC1CC(NC2CCC(F)(F)C2)C1. The van der Waals surface area contributed by atoms with Gasteiger partial charge in [0.05, 0.1) is 0 Å². The zero-order valence-electron chi connectivity index (χ0n) is 8.73. The van der Waals surface area contributed by atoms with Crippen molar-refractivity contribution in [3.63, 3.8) is 0 Å². The van der Waals surface area contributed by atoms with Crippen LogP contribution < -0.4 is 5.32 Å². The van der Waals surface area contributed by atoms with Crippen molar-refractivity contribution >= 4 is 0 Å². The first-order chi connectivity index (χ1) is 6.59. The van der Waals surface area contributed by atoms with Crippen molar-refractivity contribution in [1.29, 1.82) is 0 Å². The Morgan fingerprint density at radius 2 is 2.00 bits per heavy atom. The lowest BCUT2D eigenvalue weighted by Crippen LogP contribution is -2.45. The van der Waals surface area contributed by atoms with Gasteiger partial charge in [-0.15, -0.1) is 0 Å². The van der Waals surface area contributed by atoms with Crippen LogP contribution >= 0.6 is 0 Å². The highest BCUT2D eigenvalue weighted by Crippen LogP contribution is 2.37. The summed E-state index contributed by atoms with van der Waals surface area (Å²) in [5.74, 6) is -1.56. The molecule has 0 aromatic heterocycles. The fourth-order valence-electron chi connectivity index (χ4n) is 2.63. The van der Waals surface area contributed by atoms with E-state index >= 15 is 0 Å². The van der Waals surface area contributed by atoms with E-state index < -0.39 is 5.92 Å². The Balaban J connectivity index is 1.68. The van der Waals surface area contributed by atoms with Gasteiger partial charge < -0.3 is 5.32 Å². The van der Waals surface area contributed by atoms with E-state index in [1.54, 1.807) is 0 Å². The van der Waals surface area contributed by atoms with Crippen LogP contribution in [0.25, 0.3) is 0 Å². The number of hydrogen-bond donors (Lipinski definition) is 1. The van der Waals surface area contributed by atoms with Crippen LogP contribution in [0.5, 0.6) is 0 Å². The fraction of sp³-hybridized carbons (Fsp3) is 1.00. The summed E-state index contributed by atoms with van der Waals surface area (Å²) in [6, 6.07) is 0.603. The molecule has 2 aliphatic rings. The number of rotatable bonds is 3. The summed E-state index contributed by atoms with van der Waals surface area (Å²) in [5.41, 5.74) is 0. The van der Waals surface area contributed by atoms with Crippen LogP contribution in [0.4, 0.5) is 8.78 Å². The number of nitrogens with one attached hydrogen (secondary N) is 1. The molecule has 0 saturated heterocycles. The van der Waals surface area contributed by atoms with E-state index in [1.165, 1.54) is 19.3 Å². The highest BCUT2D eigenvalue weighted by atomic mass is 19.3. The van der Waals surface area contributed by atoms with Gasteiger partial charge in [0.15, 0.2) is 0 Å². The Morgan fingerprint density at radius 1 is 1.29 bits per heavy atom. The van der Waals surface area contributed by atoms with Crippen molar-refractivity contribution in [3.8, 4) is 0 Å². The van der Waals surface area contributed by atoms with E-state index in [-0.39, 0.29) is 18.9 Å². The van der Waals surface area contributed by atoms with Gasteiger partial charge in [-0.2, -0.15) is 0 Å². The highest BCUT2D eigenvalue weighted by Gasteiger charge is 2.41. The van der Waals surface area contributed by atoms with Crippen molar-refractivity contribution in [1.82, 2.24) is 5.32 Å². The predicted molar refractivity (Wildman–Crippen MR) is 52.5 cm³/mol. The van der Waals surface area contributed by atoms with Crippen LogP contribution in [-0.4, -0.2) is 18.0 Å². The average molecular weight is 203 g/mol. The van der Waals surface area contributed by atoms with E-state index in [0.717, 1.165) is 5.92 Å². The molecule has 0 aromatic carbocycles. The number of hydrogen-bond acceptors (Lipinski definition) is 1. The molecule has 0 spiro atoms. The van der Waals surface area contributed by atoms with E-state index in [1.807, 2.05) is 0 Å². The van der Waals surface area contributed by atoms with Gasteiger partial charge in [-0.1, -0.05) is 13.3 Å². The molecular weight excluding hydrogens is 184 g/mol. The maximum absolute atomic E-state index is 12.9. The van der Waals surface area contributed by atoms with Gasteiger partial charge in [0.1, 0.15) is 0 Å². The quantitative estimate of drug-likeness (QED) is 0.743. The fourth-order valence-corrected chi connectivity index (χ4v) is 2.63. The standard InChI is InChI=1S/C11H19F2N/c1-2-8-5-10(6-8)14-9-3-4-11(12,13)7-9/h8-10,14H,2-7H2,1H3. The van der Waals surface area contributed by atoms with Crippen LogP contribution in [0.3, 0.4) is 0 Å². The minimum Gasteiger partial charge on any atom is -0.311 e. The van der Waals surface area contributed by atoms with Gasteiger partial charge in [-0.3, -0.25) is 0 Å². The van der Waals surface area contributed by atoms with Crippen LogP contribution in [0.15, 0.2) is 0 Å². The molecule has 0 amide bonds. The molecule has 0 aromatic rings. The third kappa shape index (κ3) is 2.25. The molecule has 82 valence electrons. The van der Waals surface area contributed by atoms with Crippen molar-refractivity contribution < 1.29 is 8.78 Å². The van der Waals surface area contributed by atoms with Crippen LogP contribution in [-0.2, 0) is 0 Å². The Bertz CT molecular complexity index is 199. The minimum absolute atomic E-state index is 0.0558. The first-order valence-electron chi connectivity index (χ1n) is 5.73. The Kier molecular flexibility index (Phi) is 2.78. The molecule has 3 heteroatoms. The van der Waals surface area contributed by atoms with Crippen molar-refractivity contribution in [2.45, 2.75) is 63.5 Å². The summed E-state index contributed by atoms with van der Waals surface area (Å²) < 4.78 is 25.7. The molecule has 1 unspecified atom stereocenters. The van der Waals surface area contributed by atoms with Crippen LogP contribution in [0.1, 0.15) is 45.4 Å². The Hall–Kier alpha value is -0.180. The first kappa shape index (κ1) is 10.3. The number of alkyl halides is 2. The Morgan fingerprint density at radius 3 is 2.50 bits per heavy atom. The second-order valence-corrected chi connectivity index (χ2v) is 4.90. The van der Waals surface area contributed by atoms with Crippen LogP contribution in [0.2, 0.25) is 0 Å². The molecule has 2 fully saturated rings. The molecule has 1 N–H and O–H groups in total. The number of halogens is 2. The lowest BCUT2D eigenvalue weighted by atomic mass is 9.78. The second-order valence-electron chi connectivity index (χ2n) is 4.90. The predicted octanol–water partition coefficient (Wildman–Crippen LogP) is 2.95. The maximum Gasteiger partial charge on any atom is 0.249 e. The van der Waals surface area contributed by atoms with Gasteiger partial charge in [0.25, 0.3) is 0 Å². The highest BCUT2D eigenvalue weighted by molar-refractivity contribution is 4.92. The topological polar surface area (TPSA) is 12.0 Å². The zero-order valence-corrected chi connectivity index (χ0v) is 8.73. The Labute approximate surface area is 84.3 Å². The second kappa shape index (κ2) is 3.76. The zero-order chi connectivity index (χ0) is 10.2. The molecule has 2 saturated carbocycles. The van der Waals surface area contributed by atoms with E-state index in [4.69, 9.17) is 0 Å². The van der Waals surface area contributed by atoms with Crippen molar-refractivity contribution in [3.05, 3.63) is 0 Å². The molecule has 0 bridgehead atoms. The van der Waals surface area contributed by atoms with Gasteiger partial charge >= 0.3 is 0 Å². The molecular formula is C11H19F2N. The molecule has 2 aliphatic carbocycles. The normalized spacial score (nSPS) is 40.9. The monoisotopic (exact) mass is 203 g/mol. The first-order valence-corrected chi connectivity index (χ1v) is 5.73. The summed E-state index contributed by atoms with van der Waals surface area (Å²) in [6.07, 6.45) is 4.41. The summed E-state index contributed by atoms with van der Waals surface area (Å²) in [5, 5.41) is 3.36. The largest absolute Gasteiger partial charge is 0.311 e. The summed E-state index contributed by atoms with van der Waals surface area (Å²) in [4.78, 5) is 0. The molecule has 0 heterocycles. The van der Waals surface area contributed by atoms with Gasteiger partial charge in [0.2, 0.25) is 5.92 Å². The smallest absolute Gasteiger partial charge is 0.249 e. The summed E-state index contributed by atoms with van der Waals surface area (Å²) >= 11 is 0. The third-order valence-corrected chi connectivity index (χ3v) is 3.69. The lowest BCUT2D eigenvalue weighted by Gasteiger charge is -2.37. The molecule has 14 heavy (non-hydrogen) atoms. The molecule has 0 radical (unpaired) electrons. The van der Waals surface area contributed by atoms with Crippen LogP contribution in [0, 0.1) is 5.92 Å². The molecule has 2 rings (SSSR count). The van der Waals surface area contributed by atoms with E-state index in [2.05, 4.69) is 12.2 Å². The minimum atomic E-state index is -2.40. The molecule has 1 atom stereocenters. The lowest BCUT2D eigenvalue weighted by molar-refractivity contribution is 0.00587. The van der Waals surface area contributed by atoms with Gasteiger partial charge in [-0.05, 0) is 25.2 Å².